The van der Waals surface area contributed by atoms with Crippen LogP contribution < -0.4 is 0 Å². The molecule has 0 saturated heterocycles. The summed E-state index contributed by atoms with van der Waals surface area (Å²) < 4.78 is 61.2. The van der Waals surface area contributed by atoms with Gasteiger partial charge in [-0.15, -0.1) is 0 Å². The van der Waals surface area contributed by atoms with Gasteiger partial charge in [0.05, 0.1) is 11.3 Å². The highest BCUT2D eigenvalue weighted by molar-refractivity contribution is 5.84. The van der Waals surface area contributed by atoms with E-state index in [9.17, 15) is 17.6 Å². The fourth-order valence-electron chi connectivity index (χ4n) is 3.46. The molecule has 0 spiro atoms. The second-order valence-corrected chi connectivity index (χ2v) is 7.54. The third-order valence-electron chi connectivity index (χ3n) is 5.19. The zero-order valence-corrected chi connectivity index (χ0v) is 17.8. The number of fused-ring (bicyclic) bond motifs is 1. The molecule has 0 atom stereocenters. The Hall–Kier alpha value is -3.69. The van der Waals surface area contributed by atoms with Gasteiger partial charge in [-0.05, 0) is 71.6 Å². The molecule has 2 nitrogen and oxygen atoms in total. The highest BCUT2D eigenvalue weighted by Gasteiger charge is 2.12. The number of hydrogen-bond acceptors (Lipinski definition) is 2. The van der Waals surface area contributed by atoms with Crippen LogP contribution in [0.3, 0.4) is 0 Å². The van der Waals surface area contributed by atoms with Gasteiger partial charge in [-0.1, -0.05) is 24.0 Å². The normalized spacial score (nSPS) is 10.8. The second kappa shape index (κ2) is 9.85. The van der Waals surface area contributed by atoms with Gasteiger partial charge < -0.3 is 4.74 Å². The van der Waals surface area contributed by atoms with Crippen molar-refractivity contribution >= 4 is 10.8 Å². The molecule has 0 aliphatic heterocycles. The number of benzene rings is 3. The Labute approximate surface area is 188 Å². The highest BCUT2D eigenvalue weighted by Crippen LogP contribution is 2.24. The van der Waals surface area contributed by atoms with Crippen LogP contribution in [0.25, 0.3) is 22.0 Å². The molecule has 6 heteroatoms. The predicted molar refractivity (Wildman–Crippen MR) is 120 cm³/mol. The predicted octanol–water partition coefficient (Wildman–Crippen LogP) is 6.44. The van der Waals surface area contributed by atoms with Gasteiger partial charge >= 0.3 is 0 Å². The van der Waals surface area contributed by atoms with Gasteiger partial charge in [-0.2, -0.15) is 0 Å². The van der Waals surface area contributed by atoms with E-state index in [1.54, 1.807) is 31.5 Å². The molecule has 0 radical (unpaired) electrons. The SMILES string of the molecule is COCCCc1ccc(-c2cc(F)c(C#Cc3ccc4cc(F)c(F)cc4c3)c(F)c2)nc1. The summed E-state index contributed by atoms with van der Waals surface area (Å²) in [6.07, 6.45) is 3.34. The Balaban J connectivity index is 1.58. The van der Waals surface area contributed by atoms with Crippen molar-refractivity contribution in [3.63, 3.8) is 0 Å². The molecule has 0 N–H and O–H groups in total. The lowest BCUT2D eigenvalue weighted by Gasteiger charge is -2.06. The second-order valence-electron chi connectivity index (χ2n) is 7.54. The van der Waals surface area contributed by atoms with E-state index in [2.05, 4.69) is 16.8 Å². The summed E-state index contributed by atoms with van der Waals surface area (Å²) in [5, 5.41) is 0.937. The van der Waals surface area contributed by atoms with E-state index in [1.807, 2.05) is 6.07 Å². The minimum atomic E-state index is -0.975. The molecule has 33 heavy (non-hydrogen) atoms. The molecule has 0 aliphatic rings. The number of methoxy groups -OCH3 is 1. The summed E-state index contributed by atoms with van der Waals surface area (Å²) in [5.41, 5.74) is 1.81. The lowest BCUT2D eigenvalue weighted by molar-refractivity contribution is 0.195. The van der Waals surface area contributed by atoms with Crippen LogP contribution in [0.15, 0.2) is 60.8 Å². The summed E-state index contributed by atoms with van der Waals surface area (Å²) in [6.45, 7) is 0.648. The van der Waals surface area contributed by atoms with Crippen molar-refractivity contribution in [2.45, 2.75) is 12.8 Å². The first kappa shape index (κ1) is 22.5. The molecule has 0 aliphatic carbocycles. The van der Waals surface area contributed by atoms with Gasteiger partial charge in [-0.3, -0.25) is 4.98 Å². The lowest BCUT2D eigenvalue weighted by atomic mass is 10.0. The zero-order chi connectivity index (χ0) is 23.4. The highest BCUT2D eigenvalue weighted by atomic mass is 19.2. The third kappa shape index (κ3) is 5.21. The largest absolute Gasteiger partial charge is 0.385 e. The van der Waals surface area contributed by atoms with Gasteiger partial charge in [0.1, 0.15) is 11.6 Å². The fourth-order valence-corrected chi connectivity index (χ4v) is 3.46. The van der Waals surface area contributed by atoms with Crippen LogP contribution >= 0.6 is 0 Å². The van der Waals surface area contributed by atoms with Crippen molar-refractivity contribution in [3.8, 4) is 23.1 Å². The molecular weight excluding hydrogens is 430 g/mol. The van der Waals surface area contributed by atoms with Crippen LogP contribution in [0.2, 0.25) is 0 Å². The molecule has 0 amide bonds. The van der Waals surface area contributed by atoms with Crippen molar-refractivity contribution in [3.05, 3.63) is 101 Å². The number of nitrogens with zero attached hydrogens (tertiary/aromatic N) is 1. The van der Waals surface area contributed by atoms with Crippen molar-refractivity contribution in [1.29, 1.82) is 0 Å². The summed E-state index contributed by atoms with van der Waals surface area (Å²) in [7, 11) is 1.64. The van der Waals surface area contributed by atoms with Crippen LogP contribution in [-0.4, -0.2) is 18.7 Å². The van der Waals surface area contributed by atoms with Crippen molar-refractivity contribution in [2.75, 3.05) is 13.7 Å². The van der Waals surface area contributed by atoms with E-state index >= 15 is 0 Å². The number of aryl methyl sites for hydroxylation is 1. The first-order chi connectivity index (χ1) is 15.9. The van der Waals surface area contributed by atoms with Gasteiger partial charge in [0.25, 0.3) is 0 Å². The Morgan fingerprint density at radius 3 is 2.18 bits per heavy atom. The average molecular weight is 449 g/mol. The van der Waals surface area contributed by atoms with E-state index in [0.717, 1.165) is 30.5 Å². The Morgan fingerprint density at radius 1 is 0.788 bits per heavy atom. The summed E-state index contributed by atoms with van der Waals surface area (Å²) in [6, 6.07) is 12.8. The van der Waals surface area contributed by atoms with Gasteiger partial charge in [-0.25, -0.2) is 17.6 Å². The third-order valence-corrected chi connectivity index (χ3v) is 5.19. The molecule has 0 saturated carbocycles. The minimum absolute atomic E-state index is 0.308. The average Bonchev–Trinajstić information content (AvgIpc) is 2.80. The zero-order valence-electron chi connectivity index (χ0n) is 17.8. The van der Waals surface area contributed by atoms with Crippen LogP contribution in [0.1, 0.15) is 23.1 Å². The lowest BCUT2D eigenvalue weighted by Crippen LogP contribution is -1.96. The van der Waals surface area contributed by atoms with Crippen molar-refractivity contribution < 1.29 is 22.3 Å². The number of pyridine rings is 1. The molecule has 0 fully saturated rings. The van der Waals surface area contributed by atoms with E-state index in [0.29, 0.717) is 34.2 Å². The van der Waals surface area contributed by atoms with E-state index < -0.39 is 23.3 Å². The number of halogens is 4. The summed E-state index contributed by atoms with van der Waals surface area (Å²) in [5.74, 6) is 1.66. The topological polar surface area (TPSA) is 22.1 Å². The minimum Gasteiger partial charge on any atom is -0.385 e. The smallest absolute Gasteiger partial charge is 0.159 e. The van der Waals surface area contributed by atoms with Crippen LogP contribution in [0.4, 0.5) is 17.6 Å². The monoisotopic (exact) mass is 449 g/mol. The first-order valence-corrected chi connectivity index (χ1v) is 10.3. The summed E-state index contributed by atoms with van der Waals surface area (Å²) in [4.78, 5) is 4.31. The van der Waals surface area contributed by atoms with Crippen LogP contribution in [0.5, 0.6) is 0 Å². The molecule has 4 rings (SSSR count). The van der Waals surface area contributed by atoms with Gasteiger partial charge in [0.15, 0.2) is 11.6 Å². The van der Waals surface area contributed by atoms with Gasteiger partial charge in [0, 0.05) is 31.0 Å². The molecule has 166 valence electrons. The Morgan fingerprint density at radius 2 is 1.52 bits per heavy atom. The quantitative estimate of drug-likeness (QED) is 0.199. The maximum Gasteiger partial charge on any atom is 0.159 e. The van der Waals surface area contributed by atoms with Crippen LogP contribution in [-0.2, 0) is 11.2 Å². The standard InChI is InChI=1S/C27H19F4NO/c1-33-10-2-3-18-6-9-27(32-16-18)21-14-23(28)22(24(29)15-21)8-5-17-4-7-19-12-25(30)26(31)13-20(19)11-17/h4,6-7,9,11-16H,2-3,10H2,1H3. The van der Waals surface area contributed by atoms with Gasteiger partial charge in [0.2, 0.25) is 0 Å². The number of rotatable bonds is 5. The maximum atomic E-state index is 14.7. The Kier molecular flexibility index (Phi) is 6.71. The van der Waals surface area contributed by atoms with E-state index in [4.69, 9.17) is 4.74 Å². The maximum absolute atomic E-state index is 14.7. The number of hydrogen-bond donors (Lipinski definition) is 0. The molecule has 0 unspecified atom stereocenters. The first-order valence-electron chi connectivity index (χ1n) is 10.3. The Bertz CT molecular complexity index is 1350. The van der Waals surface area contributed by atoms with E-state index in [1.165, 1.54) is 18.2 Å². The number of ether oxygens (including phenoxy) is 1. The van der Waals surface area contributed by atoms with E-state index in [-0.39, 0.29) is 5.56 Å². The molecule has 1 heterocycles. The fraction of sp³-hybridized carbons (Fsp3) is 0.148. The number of aromatic nitrogens is 1. The molecular formula is C27H19F4NO. The molecule has 0 bridgehead atoms. The van der Waals surface area contributed by atoms with Crippen LogP contribution in [0, 0.1) is 35.1 Å². The molecule has 3 aromatic carbocycles. The molecule has 4 aromatic rings. The van der Waals surface area contributed by atoms with Crippen molar-refractivity contribution in [1.82, 2.24) is 4.98 Å². The summed E-state index contributed by atoms with van der Waals surface area (Å²) >= 11 is 0. The molecule has 1 aromatic heterocycles. The van der Waals surface area contributed by atoms with Crippen molar-refractivity contribution in [2.24, 2.45) is 0 Å².